The monoisotopic (exact) mass is 812 g/mol. The minimum Gasteiger partial charge on any atom is -0.394 e. The fourth-order valence-corrected chi connectivity index (χ4v) is 7.94. The number of aliphatic hydroxyl groups excluding tert-OH is 2. The number of carbonyl (C=O) groups excluding carboxylic acids is 1. The van der Waals surface area contributed by atoms with Gasteiger partial charge in [0.1, 0.15) is 0 Å². The predicted octanol–water partition coefficient (Wildman–Crippen LogP) is 16.7. The van der Waals surface area contributed by atoms with Gasteiger partial charge in [-0.3, -0.25) is 4.79 Å². The van der Waals surface area contributed by atoms with Gasteiger partial charge in [-0.05, 0) is 51.4 Å². The summed E-state index contributed by atoms with van der Waals surface area (Å²) >= 11 is 0. The van der Waals surface area contributed by atoms with E-state index in [1.807, 2.05) is 0 Å². The molecule has 58 heavy (non-hydrogen) atoms. The Hall–Kier alpha value is -1.65. The van der Waals surface area contributed by atoms with Crippen LogP contribution < -0.4 is 5.32 Å². The maximum Gasteiger partial charge on any atom is 0.220 e. The van der Waals surface area contributed by atoms with Gasteiger partial charge in [-0.15, -0.1) is 0 Å². The van der Waals surface area contributed by atoms with Crippen LogP contribution in [0.2, 0.25) is 0 Å². The lowest BCUT2D eigenvalue weighted by molar-refractivity contribution is -0.123. The van der Waals surface area contributed by atoms with Crippen molar-refractivity contribution in [2.75, 3.05) is 6.61 Å². The Labute approximate surface area is 363 Å². The number of carbonyl (C=O) groups is 1. The van der Waals surface area contributed by atoms with Gasteiger partial charge in [0.05, 0.1) is 18.8 Å². The smallest absolute Gasteiger partial charge is 0.220 e. The Balaban J connectivity index is 3.35. The molecule has 0 aromatic heterocycles. The highest BCUT2D eigenvalue weighted by Gasteiger charge is 2.20. The first-order valence-electron chi connectivity index (χ1n) is 25.8. The largest absolute Gasteiger partial charge is 0.394 e. The first kappa shape index (κ1) is 56.4. The van der Waals surface area contributed by atoms with Gasteiger partial charge < -0.3 is 15.5 Å². The molecule has 0 aliphatic rings. The van der Waals surface area contributed by atoms with Gasteiger partial charge in [-0.1, -0.05) is 262 Å². The SMILES string of the molecule is CC/C=C\C/C=C\C/C=C\C/C=C\CCCCCCCCCCCCCCCCCCCCCCCCCCC(=O)NC(CO)C(O)CCCCCCCCCCC. The van der Waals surface area contributed by atoms with Crippen LogP contribution in [0, 0.1) is 0 Å². The third-order valence-corrected chi connectivity index (χ3v) is 11.9. The van der Waals surface area contributed by atoms with Crippen LogP contribution >= 0.6 is 0 Å². The van der Waals surface area contributed by atoms with Crippen molar-refractivity contribution >= 4 is 5.91 Å². The molecule has 340 valence electrons. The molecule has 0 aromatic carbocycles. The van der Waals surface area contributed by atoms with Gasteiger partial charge in [0.2, 0.25) is 5.91 Å². The first-order valence-corrected chi connectivity index (χ1v) is 25.8. The molecule has 0 rings (SSSR count). The van der Waals surface area contributed by atoms with E-state index in [0.717, 1.165) is 51.4 Å². The third-order valence-electron chi connectivity index (χ3n) is 11.9. The average Bonchev–Trinajstić information content (AvgIpc) is 3.23. The molecule has 0 aromatic rings. The lowest BCUT2D eigenvalue weighted by Gasteiger charge is -2.22. The van der Waals surface area contributed by atoms with Gasteiger partial charge in [0.25, 0.3) is 0 Å². The number of allylic oxidation sites excluding steroid dienone is 8. The van der Waals surface area contributed by atoms with Crippen LogP contribution in [0.15, 0.2) is 48.6 Å². The second-order valence-electron chi connectivity index (χ2n) is 17.6. The average molecular weight is 812 g/mol. The zero-order chi connectivity index (χ0) is 42.1. The molecule has 1 amide bonds. The zero-order valence-electron chi connectivity index (χ0n) is 39.1. The number of hydrogen-bond donors (Lipinski definition) is 3. The van der Waals surface area contributed by atoms with E-state index in [1.54, 1.807) is 0 Å². The highest BCUT2D eigenvalue weighted by atomic mass is 16.3. The molecule has 4 nitrogen and oxygen atoms in total. The van der Waals surface area contributed by atoms with Crippen LogP contribution in [0.4, 0.5) is 0 Å². The number of unbranched alkanes of at least 4 members (excludes halogenated alkanes) is 32. The summed E-state index contributed by atoms with van der Waals surface area (Å²) < 4.78 is 0. The molecule has 4 heteroatoms. The van der Waals surface area contributed by atoms with Crippen molar-refractivity contribution in [3.05, 3.63) is 48.6 Å². The summed E-state index contributed by atoms with van der Waals surface area (Å²) in [7, 11) is 0. The van der Waals surface area contributed by atoms with E-state index in [0.29, 0.717) is 12.8 Å². The third kappa shape index (κ3) is 45.4. The molecule has 2 unspecified atom stereocenters. The predicted molar refractivity (Wildman–Crippen MR) is 258 cm³/mol. The number of aliphatic hydroxyl groups is 2. The maximum absolute atomic E-state index is 12.4. The van der Waals surface area contributed by atoms with Gasteiger partial charge in [0.15, 0.2) is 0 Å². The molecule has 0 bridgehead atoms. The lowest BCUT2D eigenvalue weighted by Crippen LogP contribution is -2.45. The summed E-state index contributed by atoms with van der Waals surface area (Å²) in [4.78, 5) is 12.4. The summed E-state index contributed by atoms with van der Waals surface area (Å²) in [6.45, 7) is 4.23. The summed E-state index contributed by atoms with van der Waals surface area (Å²) in [5.74, 6) is -0.0302. The van der Waals surface area contributed by atoms with Crippen LogP contribution in [0.3, 0.4) is 0 Å². The Kier molecular flexibility index (Phi) is 48.3. The number of nitrogens with one attached hydrogen (secondary N) is 1. The van der Waals surface area contributed by atoms with Crippen molar-refractivity contribution < 1.29 is 15.0 Å². The Bertz CT molecular complexity index is 923. The zero-order valence-corrected chi connectivity index (χ0v) is 39.1. The van der Waals surface area contributed by atoms with E-state index in [1.165, 1.54) is 193 Å². The number of amides is 1. The molecule has 0 fully saturated rings. The second-order valence-corrected chi connectivity index (χ2v) is 17.6. The number of rotatable bonds is 47. The van der Waals surface area contributed by atoms with Crippen LogP contribution in [0.1, 0.15) is 271 Å². The summed E-state index contributed by atoms with van der Waals surface area (Å²) in [5, 5.41) is 23.1. The van der Waals surface area contributed by atoms with Gasteiger partial charge >= 0.3 is 0 Å². The maximum atomic E-state index is 12.4. The highest BCUT2D eigenvalue weighted by Crippen LogP contribution is 2.17. The van der Waals surface area contributed by atoms with Crippen molar-refractivity contribution in [3.63, 3.8) is 0 Å². The Morgan fingerprint density at radius 3 is 1.14 bits per heavy atom. The Morgan fingerprint density at radius 1 is 0.431 bits per heavy atom. The molecular formula is C54H101NO3. The second kappa shape index (κ2) is 49.7. The van der Waals surface area contributed by atoms with Crippen molar-refractivity contribution in [1.82, 2.24) is 5.32 Å². The molecule has 0 saturated heterocycles. The Morgan fingerprint density at radius 2 is 0.759 bits per heavy atom. The minimum atomic E-state index is -0.655. The van der Waals surface area contributed by atoms with E-state index < -0.39 is 12.1 Å². The standard InChI is InChI=1S/C54H101NO3/c1-3-5-7-9-11-13-14-15-16-17-18-19-20-21-22-23-24-25-26-27-28-29-30-31-32-33-34-35-36-37-38-39-40-42-44-46-48-50-54(58)55-52(51-56)53(57)49-47-45-43-41-12-10-8-6-4-2/h5,7,11,13,15-16,18-19,52-53,56-57H,3-4,6,8-10,12,14,17,20-51H2,1-2H3,(H,55,58)/b7-5-,13-11-,16-15-,19-18-. The highest BCUT2D eigenvalue weighted by molar-refractivity contribution is 5.76. The van der Waals surface area contributed by atoms with Crippen molar-refractivity contribution in [2.24, 2.45) is 0 Å². The van der Waals surface area contributed by atoms with Crippen LogP contribution in [-0.2, 0) is 4.79 Å². The van der Waals surface area contributed by atoms with E-state index >= 15 is 0 Å². The van der Waals surface area contributed by atoms with E-state index in [9.17, 15) is 15.0 Å². The normalized spacial score (nSPS) is 13.2. The van der Waals surface area contributed by atoms with E-state index in [4.69, 9.17) is 0 Å². The molecule has 0 aliphatic carbocycles. The van der Waals surface area contributed by atoms with Crippen molar-refractivity contribution in [1.29, 1.82) is 0 Å². The summed E-state index contributed by atoms with van der Waals surface area (Å²) in [6, 6.07) is -0.532. The van der Waals surface area contributed by atoms with E-state index in [2.05, 4.69) is 67.8 Å². The fourth-order valence-electron chi connectivity index (χ4n) is 7.94. The van der Waals surface area contributed by atoms with Gasteiger partial charge in [0, 0.05) is 6.42 Å². The molecular weight excluding hydrogens is 711 g/mol. The van der Waals surface area contributed by atoms with Crippen molar-refractivity contribution in [3.8, 4) is 0 Å². The van der Waals surface area contributed by atoms with Crippen LogP contribution in [-0.4, -0.2) is 34.9 Å². The number of hydrogen-bond acceptors (Lipinski definition) is 3. The lowest BCUT2D eigenvalue weighted by atomic mass is 10.0. The molecule has 0 radical (unpaired) electrons. The summed E-state index contributed by atoms with van der Waals surface area (Å²) in [5.41, 5.74) is 0. The molecule has 0 saturated carbocycles. The fraction of sp³-hybridized carbons (Fsp3) is 0.833. The molecule has 0 aliphatic heterocycles. The molecule has 3 N–H and O–H groups in total. The van der Waals surface area contributed by atoms with Crippen molar-refractivity contribution in [2.45, 2.75) is 283 Å². The first-order chi connectivity index (χ1) is 28.7. The van der Waals surface area contributed by atoms with E-state index in [-0.39, 0.29) is 12.5 Å². The topological polar surface area (TPSA) is 69.6 Å². The van der Waals surface area contributed by atoms with Crippen LogP contribution in [0.25, 0.3) is 0 Å². The minimum absolute atomic E-state index is 0.0302. The molecule has 2 atom stereocenters. The van der Waals surface area contributed by atoms with Gasteiger partial charge in [-0.2, -0.15) is 0 Å². The molecule has 0 heterocycles. The quantitative estimate of drug-likeness (QED) is 0.0423. The van der Waals surface area contributed by atoms with Gasteiger partial charge in [-0.25, -0.2) is 0 Å². The molecule has 0 spiro atoms. The summed E-state index contributed by atoms with van der Waals surface area (Å²) in [6.07, 6.45) is 68.2. The van der Waals surface area contributed by atoms with Crippen LogP contribution in [0.5, 0.6) is 0 Å².